The molecule has 1 heteroatoms. The number of unbranched alkanes of at least 4 members (excludes halogenated alkanes) is 1. The maximum Gasteiger partial charge on any atom is 0.0603 e. The lowest BCUT2D eigenvalue weighted by Gasteiger charge is -2.39. The lowest BCUT2D eigenvalue weighted by atomic mass is 9.71. The van der Waals surface area contributed by atoms with Gasteiger partial charge in [0, 0.05) is 6.61 Å². The van der Waals surface area contributed by atoms with Gasteiger partial charge in [-0.3, -0.25) is 0 Å². The third-order valence-corrected chi connectivity index (χ3v) is 6.90. The molecular formula is C23H42O. The van der Waals surface area contributed by atoms with Crippen molar-refractivity contribution in [2.24, 2.45) is 29.6 Å². The summed E-state index contributed by atoms with van der Waals surface area (Å²) in [7, 11) is 0. The zero-order valence-corrected chi connectivity index (χ0v) is 16.8. The van der Waals surface area contributed by atoms with E-state index in [2.05, 4.69) is 39.8 Å². The van der Waals surface area contributed by atoms with Gasteiger partial charge >= 0.3 is 0 Å². The summed E-state index contributed by atoms with van der Waals surface area (Å²) in [5, 5.41) is 0. The molecule has 0 radical (unpaired) electrons. The molecule has 0 aliphatic heterocycles. The normalized spacial score (nSPS) is 37.8. The topological polar surface area (TPSA) is 9.23 Å². The molecule has 4 atom stereocenters. The molecule has 0 heterocycles. The van der Waals surface area contributed by atoms with E-state index < -0.39 is 0 Å². The van der Waals surface area contributed by atoms with Crippen molar-refractivity contribution in [1.82, 2.24) is 0 Å². The first-order valence-corrected chi connectivity index (χ1v) is 11.0. The minimum Gasteiger partial charge on any atom is -0.378 e. The molecule has 2 aliphatic carbocycles. The van der Waals surface area contributed by atoms with Crippen molar-refractivity contribution >= 4 is 0 Å². The highest BCUT2D eigenvalue weighted by Gasteiger charge is 2.33. The Balaban J connectivity index is 1.74. The van der Waals surface area contributed by atoms with Crippen molar-refractivity contribution < 1.29 is 4.74 Å². The quantitative estimate of drug-likeness (QED) is 0.433. The lowest BCUT2D eigenvalue weighted by Crippen LogP contribution is -2.36. The van der Waals surface area contributed by atoms with Crippen molar-refractivity contribution in [2.45, 2.75) is 98.0 Å². The van der Waals surface area contributed by atoms with Crippen LogP contribution in [0.2, 0.25) is 0 Å². The highest BCUT2D eigenvalue weighted by molar-refractivity contribution is 4.99. The number of ether oxygens (including phenoxy) is 1. The number of hydrogen-bond donors (Lipinski definition) is 0. The molecule has 2 fully saturated rings. The maximum absolute atomic E-state index is 6.08. The Labute approximate surface area is 151 Å². The molecule has 0 aromatic rings. The van der Waals surface area contributed by atoms with Gasteiger partial charge in [-0.15, -0.1) is 0 Å². The van der Waals surface area contributed by atoms with Crippen LogP contribution < -0.4 is 0 Å². The summed E-state index contributed by atoms with van der Waals surface area (Å²) in [6.07, 6.45) is 19.5. The van der Waals surface area contributed by atoms with Crippen molar-refractivity contribution in [3.8, 4) is 0 Å². The smallest absolute Gasteiger partial charge is 0.0603 e. The number of allylic oxidation sites excluding steroid dienone is 2. The van der Waals surface area contributed by atoms with Crippen LogP contribution in [0.1, 0.15) is 91.9 Å². The molecule has 1 nitrogen and oxygen atoms in total. The molecule has 2 saturated carbocycles. The van der Waals surface area contributed by atoms with E-state index >= 15 is 0 Å². The predicted molar refractivity (Wildman–Crippen MR) is 105 cm³/mol. The second-order valence-electron chi connectivity index (χ2n) is 8.68. The Morgan fingerprint density at radius 3 is 2.25 bits per heavy atom. The molecular weight excluding hydrogens is 292 g/mol. The molecule has 0 spiro atoms. The number of rotatable bonds is 8. The van der Waals surface area contributed by atoms with Gasteiger partial charge in [-0.2, -0.15) is 0 Å². The van der Waals surface area contributed by atoms with Gasteiger partial charge < -0.3 is 4.74 Å². The molecule has 24 heavy (non-hydrogen) atoms. The van der Waals surface area contributed by atoms with Crippen molar-refractivity contribution in [3.63, 3.8) is 0 Å². The third kappa shape index (κ3) is 5.90. The van der Waals surface area contributed by atoms with Gasteiger partial charge in [-0.1, -0.05) is 59.1 Å². The van der Waals surface area contributed by atoms with E-state index in [1.165, 1.54) is 57.8 Å². The summed E-state index contributed by atoms with van der Waals surface area (Å²) in [6, 6.07) is 0. The molecule has 0 saturated heterocycles. The first-order chi connectivity index (χ1) is 11.7. The van der Waals surface area contributed by atoms with Gasteiger partial charge in [0.2, 0.25) is 0 Å². The average molecular weight is 335 g/mol. The first kappa shape index (κ1) is 20.0. The second-order valence-corrected chi connectivity index (χ2v) is 8.68. The minimum atomic E-state index is 0.499. The van der Waals surface area contributed by atoms with E-state index in [4.69, 9.17) is 4.74 Å². The van der Waals surface area contributed by atoms with E-state index in [0.717, 1.165) is 36.7 Å². The summed E-state index contributed by atoms with van der Waals surface area (Å²) in [6.45, 7) is 10.3. The average Bonchev–Trinajstić information content (AvgIpc) is 2.61. The highest BCUT2D eigenvalue weighted by Crippen LogP contribution is 2.38. The summed E-state index contributed by atoms with van der Waals surface area (Å²) in [4.78, 5) is 0. The minimum absolute atomic E-state index is 0.499. The van der Waals surface area contributed by atoms with E-state index in [1.807, 2.05) is 0 Å². The third-order valence-electron chi connectivity index (χ3n) is 6.90. The van der Waals surface area contributed by atoms with Gasteiger partial charge in [0.15, 0.2) is 0 Å². The Morgan fingerprint density at radius 1 is 0.833 bits per heavy atom. The van der Waals surface area contributed by atoms with Gasteiger partial charge in [0.25, 0.3) is 0 Å². The Hall–Kier alpha value is -0.300. The zero-order valence-electron chi connectivity index (χ0n) is 16.8. The van der Waals surface area contributed by atoms with Crippen LogP contribution in [0.3, 0.4) is 0 Å². The molecule has 0 aromatic heterocycles. The van der Waals surface area contributed by atoms with Crippen LogP contribution >= 0.6 is 0 Å². The Morgan fingerprint density at radius 2 is 1.58 bits per heavy atom. The van der Waals surface area contributed by atoms with E-state index in [9.17, 15) is 0 Å². The molecule has 0 amide bonds. The summed E-state index contributed by atoms with van der Waals surface area (Å²) in [5.74, 6) is 4.13. The van der Waals surface area contributed by atoms with Crippen LogP contribution in [0.4, 0.5) is 0 Å². The SMILES string of the molecule is CCCCC1CCC(C=CC2CCC(OCCC)C(C)C2C)CC1. The first-order valence-electron chi connectivity index (χ1n) is 11.0. The molecule has 0 bridgehead atoms. The highest BCUT2D eigenvalue weighted by atomic mass is 16.5. The van der Waals surface area contributed by atoms with Gasteiger partial charge in [0.1, 0.15) is 0 Å². The van der Waals surface area contributed by atoms with Gasteiger partial charge in [-0.25, -0.2) is 0 Å². The van der Waals surface area contributed by atoms with E-state index in [1.54, 1.807) is 0 Å². The fourth-order valence-corrected chi connectivity index (χ4v) is 4.85. The lowest BCUT2D eigenvalue weighted by molar-refractivity contribution is -0.0338. The molecule has 4 unspecified atom stereocenters. The zero-order chi connectivity index (χ0) is 17.4. The summed E-state index contributed by atoms with van der Waals surface area (Å²) in [5.41, 5.74) is 0. The second kappa shape index (κ2) is 10.6. The monoisotopic (exact) mass is 334 g/mol. The van der Waals surface area contributed by atoms with Crippen LogP contribution in [0.5, 0.6) is 0 Å². The predicted octanol–water partition coefficient (Wildman–Crippen LogP) is 7.02. The van der Waals surface area contributed by atoms with Crippen LogP contribution in [0, 0.1) is 29.6 Å². The Bertz CT molecular complexity index is 353. The van der Waals surface area contributed by atoms with E-state index in [-0.39, 0.29) is 0 Å². The van der Waals surface area contributed by atoms with Gasteiger partial charge in [0.05, 0.1) is 6.10 Å². The molecule has 0 aromatic carbocycles. The fraction of sp³-hybridized carbons (Fsp3) is 0.913. The van der Waals surface area contributed by atoms with Crippen molar-refractivity contribution in [1.29, 1.82) is 0 Å². The summed E-state index contributed by atoms with van der Waals surface area (Å²) >= 11 is 0. The summed E-state index contributed by atoms with van der Waals surface area (Å²) < 4.78 is 6.08. The fourth-order valence-electron chi connectivity index (χ4n) is 4.85. The number of hydrogen-bond acceptors (Lipinski definition) is 1. The van der Waals surface area contributed by atoms with Gasteiger partial charge in [-0.05, 0) is 74.5 Å². The molecule has 2 rings (SSSR count). The van der Waals surface area contributed by atoms with Crippen LogP contribution in [-0.4, -0.2) is 12.7 Å². The Kier molecular flexibility index (Phi) is 8.87. The molecule has 2 aliphatic rings. The van der Waals surface area contributed by atoms with Crippen LogP contribution in [0.15, 0.2) is 12.2 Å². The van der Waals surface area contributed by atoms with Crippen LogP contribution in [0.25, 0.3) is 0 Å². The van der Waals surface area contributed by atoms with E-state index in [0.29, 0.717) is 12.0 Å². The molecule has 140 valence electrons. The van der Waals surface area contributed by atoms with Crippen LogP contribution in [-0.2, 0) is 4.74 Å². The molecule has 0 N–H and O–H groups in total. The van der Waals surface area contributed by atoms with Crippen molar-refractivity contribution in [2.75, 3.05) is 6.61 Å². The standard InChI is InChI=1S/C23H42O/c1-5-7-8-20-9-11-21(12-10-20)13-14-22-15-16-23(24-17-6-2)19(4)18(22)3/h13-14,18-23H,5-12,15-17H2,1-4H3. The largest absolute Gasteiger partial charge is 0.378 e. The maximum atomic E-state index is 6.08. The van der Waals surface area contributed by atoms with Crippen molar-refractivity contribution in [3.05, 3.63) is 12.2 Å².